The fourth-order valence-electron chi connectivity index (χ4n) is 1.12. The minimum absolute atomic E-state index is 0.343. The van der Waals surface area contributed by atoms with Crippen molar-refractivity contribution in [1.82, 2.24) is 0 Å². The number of carbonyl (C=O) groups is 1. The lowest BCUT2D eigenvalue weighted by Crippen LogP contribution is -1.97. The molecule has 1 aromatic carbocycles. The summed E-state index contributed by atoms with van der Waals surface area (Å²) < 4.78 is 0.644. The van der Waals surface area contributed by atoms with Gasteiger partial charge < -0.3 is 5.11 Å². The normalized spacial score (nSPS) is 15.5. The molecule has 2 rings (SSSR count). The summed E-state index contributed by atoms with van der Waals surface area (Å²) in [6.07, 6.45) is 2.51. The Morgan fingerprint density at radius 1 is 1.50 bits per heavy atom. The fraction of sp³-hybridized carbons (Fsp3) is 0.300. The van der Waals surface area contributed by atoms with E-state index in [9.17, 15) is 4.79 Å². The van der Waals surface area contributed by atoms with Gasteiger partial charge in [0.1, 0.15) is 0 Å². The molecule has 1 aliphatic rings. The second-order valence-electron chi connectivity index (χ2n) is 3.26. The van der Waals surface area contributed by atoms with Crippen LogP contribution >= 0.6 is 27.7 Å². The highest BCUT2D eigenvalue weighted by Crippen LogP contribution is 2.39. The molecule has 0 bridgehead atoms. The molecule has 0 amide bonds. The molecule has 0 heterocycles. The van der Waals surface area contributed by atoms with Gasteiger partial charge in [-0.25, -0.2) is 4.79 Å². The lowest BCUT2D eigenvalue weighted by Gasteiger charge is -2.03. The van der Waals surface area contributed by atoms with Crippen LogP contribution in [0.3, 0.4) is 0 Å². The Morgan fingerprint density at radius 2 is 2.21 bits per heavy atom. The lowest BCUT2D eigenvalue weighted by atomic mass is 10.2. The first-order chi connectivity index (χ1) is 6.66. The third-order valence-corrected chi connectivity index (χ3v) is 4.02. The van der Waals surface area contributed by atoms with Crippen LogP contribution in [-0.2, 0) is 0 Å². The van der Waals surface area contributed by atoms with Crippen LogP contribution < -0.4 is 0 Å². The van der Waals surface area contributed by atoms with E-state index in [0.29, 0.717) is 15.3 Å². The van der Waals surface area contributed by atoms with Gasteiger partial charge in [-0.15, -0.1) is 11.8 Å². The molecule has 0 saturated heterocycles. The quantitative estimate of drug-likeness (QED) is 0.917. The first-order valence-electron chi connectivity index (χ1n) is 4.36. The van der Waals surface area contributed by atoms with Crippen LogP contribution in [0.2, 0.25) is 0 Å². The van der Waals surface area contributed by atoms with Crippen LogP contribution in [0.5, 0.6) is 0 Å². The topological polar surface area (TPSA) is 37.3 Å². The first-order valence-corrected chi connectivity index (χ1v) is 6.03. The molecule has 1 aliphatic carbocycles. The van der Waals surface area contributed by atoms with E-state index < -0.39 is 5.97 Å². The van der Waals surface area contributed by atoms with E-state index in [1.165, 1.54) is 12.8 Å². The molecule has 74 valence electrons. The van der Waals surface area contributed by atoms with Gasteiger partial charge in [0.15, 0.2) is 0 Å². The van der Waals surface area contributed by atoms with Gasteiger partial charge >= 0.3 is 5.97 Å². The van der Waals surface area contributed by atoms with Crippen LogP contribution in [0.15, 0.2) is 27.6 Å². The summed E-state index contributed by atoms with van der Waals surface area (Å²) in [5.74, 6) is -0.880. The summed E-state index contributed by atoms with van der Waals surface area (Å²) >= 11 is 4.99. The van der Waals surface area contributed by atoms with Crippen LogP contribution in [0, 0.1) is 0 Å². The van der Waals surface area contributed by atoms with Gasteiger partial charge in [-0.1, -0.05) is 0 Å². The summed E-state index contributed by atoms with van der Waals surface area (Å²) in [4.78, 5) is 11.9. The van der Waals surface area contributed by atoms with Crippen LogP contribution in [0.1, 0.15) is 23.2 Å². The van der Waals surface area contributed by atoms with Gasteiger partial charge in [-0.05, 0) is 47.0 Å². The minimum Gasteiger partial charge on any atom is -0.478 e. The molecule has 0 unspecified atom stereocenters. The molecule has 0 spiro atoms. The standard InChI is InChI=1S/C10H9BrO2S/c11-9-4-3-7(14-6-1-2-6)5-8(9)10(12)13/h3-6H,1-2H2,(H,12,13). The molecule has 0 atom stereocenters. The molecule has 0 aromatic heterocycles. The third kappa shape index (κ3) is 2.30. The number of hydrogen-bond acceptors (Lipinski definition) is 2. The highest BCUT2D eigenvalue weighted by Gasteiger charge is 2.23. The smallest absolute Gasteiger partial charge is 0.336 e. The van der Waals surface area contributed by atoms with Crippen LogP contribution in [-0.4, -0.2) is 16.3 Å². The van der Waals surface area contributed by atoms with Gasteiger partial charge in [0.25, 0.3) is 0 Å². The minimum atomic E-state index is -0.880. The maximum absolute atomic E-state index is 10.8. The Hall–Kier alpha value is -0.480. The predicted octanol–water partition coefficient (Wildman–Crippen LogP) is 3.40. The fourth-order valence-corrected chi connectivity index (χ4v) is 2.63. The highest BCUT2D eigenvalue weighted by molar-refractivity contribution is 9.10. The van der Waals surface area contributed by atoms with E-state index in [-0.39, 0.29) is 0 Å². The zero-order valence-corrected chi connectivity index (χ0v) is 9.77. The van der Waals surface area contributed by atoms with Gasteiger partial charge in [-0.2, -0.15) is 0 Å². The molecular weight excluding hydrogens is 264 g/mol. The Labute approximate surface area is 94.8 Å². The van der Waals surface area contributed by atoms with E-state index in [0.717, 1.165) is 4.90 Å². The monoisotopic (exact) mass is 272 g/mol. The second-order valence-corrected chi connectivity index (χ2v) is 5.49. The second kappa shape index (κ2) is 3.95. The summed E-state index contributed by atoms with van der Waals surface area (Å²) in [5, 5.41) is 9.61. The third-order valence-electron chi connectivity index (χ3n) is 2.00. The lowest BCUT2D eigenvalue weighted by molar-refractivity contribution is 0.0695. The van der Waals surface area contributed by atoms with Gasteiger partial charge in [0.2, 0.25) is 0 Å². The average Bonchev–Trinajstić information content (AvgIpc) is 2.92. The van der Waals surface area contributed by atoms with E-state index in [1.54, 1.807) is 23.9 Å². The maximum atomic E-state index is 10.8. The molecular formula is C10H9BrO2S. The molecule has 1 aromatic rings. The Morgan fingerprint density at radius 3 is 2.79 bits per heavy atom. The van der Waals surface area contributed by atoms with Crippen LogP contribution in [0.4, 0.5) is 0 Å². The summed E-state index contributed by atoms with van der Waals surface area (Å²) in [6.45, 7) is 0. The number of benzene rings is 1. The zero-order valence-electron chi connectivity index (χ0n) is 7.37. The number of thioether (sulfide) groups is 1. The number of carboxylic acids is 1. The number of aromatic carboxylic acids is 1. The molecule has 14 heavy (non-hydrogen) atoms. The van der Waals surface area contributed by atoms with Crippen molar-refractivity contribution in [3.63, 3.8) is 0 Å². The predicted molar refractivity (Wildman–Crippen MR) is 60.0 cm³/mol. The molecule has 0 radical (unpaired) electrons. The Balaban J connectivity index is 2.24. The number of hydrogen-bond donors (Lipinski definition) is 1. The largest absolute Gasteiger partial charge is 0.478 e. The Kier molecular flexibility index (Phi) is 2.83. The zero-order chi connectivity index (χ0) is 10.1. The maximum Gasteiger partial charge on any atom is 0.336 e. The first kappa shape index (κ1) is 10.1. The van der Waals surface area contributed by atoms with Gasteiger partial charge in [-0.3, -0.25) is 0 Å². The van der Waals surface area contributed by atoms with Crippen molar-refractivity contribution in [2.45, 2.75) is 23.0 Å². The van der Waals surface area contributed by atoms with Crippen molar-refractivity contribution in [2.75, 3.05) is 0 Å². The molecule has 1 N–H and O–H groups in total. The summed E-state index contributed by atoms with van der Waals surface area (Å²) in [5.41, 5.74) is 0.343. The summed E-state index contributed by atoms with van der Waals surface area (Å²) in [7, 11) is 0. The molecule has 1 fully saturated rings. The summed E-state index contributed by atoms with van der Waals surface area (Å²) in [6, 6.07) is 5.49. The average molecular weight is 273 g/mol. The van der Waals surface area contributed by atoms with Crippen molar-refractivity contribution in [3.8, 4) is 0 Å². The highest BCUT2D eigenvalue weighted by atomic mass is 79.9. The van der Waals surface area contributed by atoms with E-state index >= 15 is 0 Å². The number of carboxylic acid groups (broad SMARTS) is 1. The van der Waals surface area contributed by atoms with Crippen molar-refractivity contribution in [3.05, 3.63) is 28.2 Å². The SMILES string of the molecule is O=C(O)c1cc(SC2CC2)ccc1Br. The van der Waals surface area contributed by atoms with Gasteiger partial charge in [0.05, 0.1) is 5.56 Å². The number of halogens is 1. The molecule has 4 heteroatoms. The van der Waals surface area contributed by atoms with E-state index in [4.69, 9.17) is 5.11 Å². The Bertz CT molecular complexity index is 374. The van der Waals surface area contributed by atoms with Gasteiger partial charge in [0, 0.05) is 14.6 Å². The molecule has 0 aliphatic heterocycles. The van der Waals surface area contributed by atoms with Crippen LogP contribution in [0.25, 0.3) is 0 Å². The molecule has 1 saturated carbocycles. The molecule has 2 nitrogen and oxygen atoms in total. The van der Waals surface area contributed by atoms with E-state index in [1.807, 2.05) is 6.07 Å². The number of rotatable bonds is 3. The van der Waals surface area contributed by atoms with Crippen molar-refractivity contribution < 1.29 is 9.90 Å². The van der Waals surface area contributed by atoms with Crippen molar-refractivity contribution >= 4 is 33.7 Å². The van der Waals surface area contributed by atoms with Crippen molar-refractivity contribution in [1.29, 1.82) is 0 Å². The van der Waals surface area contributed by atoms with Crippen molar-refractivity contribution in [2.24, 2.45) is 0 Å². The van der Waals surface area contributed by atoms with E-state index in [2.05, 4.69) is 15.9 Å².